The lowest BCUT2D eigenvalue weighted by atomic mass is 10.1. The zero-order valence-corrected chi connectivity index (χ0v) is 11.8. The van der Waals surface area contributed by atoms with E-state index in [1.54, 1.807) is 0 Å². The molecule has 0 bridgehead atoms. The summed E-state index contributed by atoms with van der Waals surface area (Å²) in [6.45, 7) is 1.82. The first kappa shape index (κ1) is 15.2. The average Bonchev–Trinajstić information content (AvgIpc) is 2.74. The molecule has 0 aliphatic carbocycles. The fourth-order valence-corrected chi connectivity index (χ4v) is 2.65. The van der Waals surface area contributed by atoms with Gasteiger partial charge in [0.25, 0.3) is 11.4 Å². The third kappa shape index (κ3) is 3.46. The van der Waals surface area contributed by atoms with Gasteiger partial charge in [-0.05, 0) is 38.4 Å². The minimum atomic E-state index is -0.619. The Morgan fingerprint density at radius 2 is 1.95 bits per heavy atom. The highest BCUT2D eigenvalue weighted by molar-refractivity contribution is 5.66. The number of nitro groups is 2. The largest absolute Gasteiger partial charge is 0.366 e. The molecule has 1 atom stereocenters. The molecule has 1 aliphatic rings. The number of benzene rings is 1. The summed E-state index contributed by atoms with van der Waals surface area (Å²) in [5.74, 6) is 0. The quantitative estimate of drug-likeness (QED) is 0.674. The molecule has 1 unspecified atom stereocenters. The van der Waals surface area contributed by atoms with Gasteiger partial charge in [-0.1, -0.05) is 0 Å². The van der Waals surface area contributed by atoms with Gasteiger partial charge in [0.2, 0.25) is 0 Å². The first-order chi connectivity index (χ1) is 10.0. The van der Waals surface area contributed by atoms with Crippen LogP contribution in [0.25, 0.3) is 0 Å². The van der Waals surface area contributed by atoms with Crippen molar-refractivity contribution in [3.63, 3.8) is 0 Å². The van der Waals surface area contributed by atoms with Gasteiger partial charge < -0.3 is 10.2 Å². The molecule has 1 saturated heterocycles. The maximum Gasteiger partial charge on any atom is 0.299 e. The van der Waals surface area contributed by atoms with Gasteiger partial charge in [-0.3, -0.25) is 20.2 Å². The number of anilines is 1. The van der Waals surface area contributed by atoms with Crippen molar-refractivity contribution in [3.05, 3.63) is 38.4 Å². The molecule has 0 saturated carbocycles. The molecule has 0 radical (unpaired) electrons. The molecule has 1 aromatic carbocycles. The SMILES string of the molecule is CN(c1ccc([N+](=O)[O-])cc1[N+](=O)[O-])C1CCCNCC1. The van der Waals surface area contributed by atoms with Crippen LogP contribution in [-0.4, -0.2) is 36.0 Å². The zero-order valence-electron chi connectivity index (χ0n) is 11.8. The first-order valence-corrected chi connectivity index (χ1v) is 6.87. The summed E-state index contributed by atoms with van der Waals surface area (Å²) in [5, 5.41) is 25.3. The van der Waals surface area contributed by atoms with Gasteiger partial charge in [-0.2, -0.15) is 0 Å². The molecule has 2 rings (SSSR count). The maximum atomic E-state index is 11.2. The predicted octanol–water partition coefficient (Wildman–Crippen LogP) is 2.08. The number of hydrogen-bond acceptors (Lipinski definition) is 6. The van der Waals surface area contributed by atoms with Crippen LogP contribution in [0.2, 0.25) is 0 Å². The third-order valence-corrected chi connectivity index (χ3v) is 3.84. The molecular formula is C13H18N4O4. The van der Waals surface area contributed by atoms with Crippen molar-refractivity contribution in [2.45, 2.75) is 25.3 Å². The van der Waals surface area contributed by atoms with E-state index in [4.69, 9.17) is 0 Å². The van der Waals surface area contributed by atoms with Crippen LogP contribution in [0.15, 0.2) is 18.2 Å². The monoisotopic (exact) mass is 294 g/mol. The Morgan fingerprint density at radius 1 is 1.19 bits per heavy atom. The lowest BCUT2D eigenvalue weighted by Crippen LogP contribution is -2.32. The fraction of sp³-hybridized carbons (Fsp3) is 0.538. The molecule has 1 heterocycles. The molecule has 8 heteroatoms. The maximum absolute atomic E-state index is 11.2. The highest BCUT2D eigenvalue weighted by Crippen LogP contribution is 2.33. The van der Waals surface area contributed by atoms with Crippen molar-refractivity contribution in [2.75, 3.05) is 25.0 Å². The summed E-state index contributed by atoms with van der Waals surface area (Å²) in [7, 11) is 1.81. The van der Waals surface area contributed by atoms with Crippen LogP contribution >= 0.6 is 0 Å². The van der Waals surface area contributed by atoms with E-state index in [0.717, 1.165) is 38.4 Å². The second-order valence-corrected chi connectivity index (χ2v) is 5.13. The Bertz CT molecular complexity index is 541. The van der Waals surface area contributed by atoms with Crippen molar-refractivity contribution in [2.24, 2.45) is 0 Å². The summed E-state index contributed by atoms with van der Waals surface area (Å²) >= 11 is 0. The Kier molecular flexibility index (Phi) is 4.69. The summed E-state index contributed by atoms with van der Waals surface area (Å²) in [6.07, 6.45) is 2.85. The summed E-state index contributed by atoms with van der Waals surface area (Å²) in [4.78, 5) is 22.7. The Hall–Kier alpha value is -2.22. The molecular weight excluding hydrogens is 276 g/mol. The van der Waals surface area contributed by atoms with Gasteiger partial charge >= 0.3 is 0 Å². The number of nitro benzene ring substituents is 2. The van der Waals surface area contributed by atoms with Gasteiger partial charge in [0.1, 0.15) is 5.69 Å². The topological polar surface area (TPSA) is 102 Å². The number of nitrogens with one attached hydrogen (secondary N) is 1. The third-order valence-electron chi connectivity index (χ3n) is 3.84. The van der Waals surface area contributed by atoms with Crippen molar-refractivity contribution in [1.29, 1.82) is 0 Å². The molecule has 1 aliphatic heterocycles. The summed E-state index contributed by atoms with van der Waals surface area (Å²) in [6, 6.07) is 4.00. The van der Waals surface area contributed by atoms with Crippen LogP contribution in [-0.2, 0) is 0 Å². The molecule has 1 aromatic rings. The highest BCUT2D eigenvalue weighted by Gasteiger charge is 2.26. The molecule has 0 spiro atoms. The average molecular weight is 294 g/mol. The lowest BCUT2D eigenvalue weighted by Gasteiger charge is -2.28. The molecule has 1 N–H and O–H groups in total. The molecule has 21 heavy (non-hydrogen) atoms. The Balaban J connectivity index is 2.32. The molecule has 0 aromatic heterocycles. The van der Waals surface area contributed by atoms with Crippen LogP contribution in [0.4, 0.5) is 17.1 Å². The van der Waals surface area contributed by atoms with Crippen molar-refractivity contribution in [3.8, 4) is 0 Å². The van der Waals surface area contributed by atoms with E-state index in [9.17, 15) is 20.2 Å². The molecule has 114 valence electrons. The highest BCUT2D eigenvalue weighted by atomic mass is 16.6. The van der Waals surface area contributed by atoms with Gasteiger partial charge in [0.05, 0.1) is 15.9 Å². The molecule has 8 nitrogen and oxygen atoms in total. The van der Waals surface area contributed by atoms with Crippen LogP contribution in [0.5, 0.6) is 0 Å². The van der Waals surface area contributed by atoms with E-state index in [2.05, 4.69) is 5.32 Å². The Labute approximate surface area is 122 Å². The van der Waals surface area contributed by atoms with E-state index in [0.29, 0.717) is 5.69 Å². The van der Waals surface area contributed by atoms with E-state index < -0.39 is 9.85 Å². The summed E-state index contributed by atoms with van der Waals surface area (Å²) in [5.41, 5.74) is -0.0530. The van der Waals surface area contributed by atoms with Crippen LogP contribution in [0.1, 0.15) is 19.3 Å². The van der Waals surface area contributed by atoms with Crippen molar-refractivity contribution >= 4 is 17.1 Å². The van der Waals surface area contributed by atoms with Crippen molar-refractivity contribution < 1.29 is 9.85 Å². The van der Waals surface area contributed by atoms with Crippen molar-refractivity contribution in [1.82, 2.24) is 5.32 Å². The number of hydrogen-bond donors (Lipinski definition) is 1. The fourth-order valence-electron chi connectivity index (χ4n) is 2.65. The van der Waals surface area contributed by atoms with E-state index >= 15 is 0 Å². The lowest BCUT2D eigenvalue weighted by molar-refractivity contribution is -0.393. The smallest absolute Gasteiger partial charge is 0.299 e. The van der Waals surface area contributed by atoms with Gasteiger partial charge in [0, 0.05) is 19.2 Å². The molecule has 0 amide bonds. The van der Waals surface area contributed by atoms with Gasteiger partial charge in [0.15, 0.2) is 0 Å². The second kappa shape index (κ2) is 6.49. The number of nitrogens with zero attached hydrogens (tertiary/aromatic N) is 3. The first-order valence-electron chi connectivity index (χ1n) is 6.87. The normalized spacial score (nSPS) is 18.8. The minimum absolute atomic E-state index is 0.195. The van der Waals surface area contributed by atoms with Crippen LogP contribution < -0.4 is 10.2 Å². The minimum Gasteiger partial charge on any atom is -0.366 e. The number of non-ortho nitro benzene ring substituents is 1. The van der Waals surface area contributed by atoms with Gasteiger partial charge in [-0.15, -0.1) is 0 Å². The standard InChI is InChI=1S/C13H18N4O4/c1-15(10-3-2-7-14-8-6-10)12-5-4-11(16(18)19)9-13(12)17(20)21/h4-5,9-10,14H,2-3,6-8H2,1H3. The predicted molar refractivity (Wildman–Crippen MR) is 78.7 cm³/mol. The van der Waals surface area contributed by atoms with E-state index in [1.165, 1.54) is 12.1 Å². The van der Waals surface area contributed by atoms with E-state index in [-0.39, 0.29) is 17.4 Å². The number of rotatable bonds is 4. The van der Waals surface area contributed by atoms with Crippen LogP contribution in [0, 0.1) is 20.2 Å². The summed E-state index contributed by atoms with van der Waals surface area (Å²) < 4.78 is 0. The van der Waals surface area contributed by atoms with Gasteiger partial charge in [-0.25, -0.2) is 0 Å². The molecule has 1 fully saturated rings. The Morgan fingerprint density at radius 3 is 2.62 bits per heavy atom. The van der Waals surface area contributed by atoms with E-state index in [1.807, 2.05) is 11.9 Å². The van der Waals surface area contributed by atoms with Crippen LogP contribution in [0.3, 0.4) is 0 Å². The second-order valence-electron chi connectivity index (χ2n) is 5.13. The zero-order chi connectivity index (χ0) is 15.4.